The maximum absolute atomic E-state index is 13.7. The standard InChI is InChI=1S/C9H12FN3O5/c10-6-7(15)4(3-14)18-8(6)13-2-1-5(12-17)11-9(13)16/h1-2,4,6-8,14-15,17H,3H2,(H,11,12,16)/t4-,6+,7?,8-/m1/s1. The summed E-state index contributed by atoms with van der Waals surface area (Å²) < 4.78 is 19.6. The Morgan fingerprint density at radius 1 is 1.61 bits per heavy atom. The Balaban J connectivity index is 2.30. The van der Waals surface area contributed by atoms with Crippen molar-refractivity contribution in [3.05, 3.63) is 22.7 Å². The van der Waals surface area contributed by atoms with Gasteiger partial charge in [0.05, 0.1) is 6.61 Å². The van der Waals surface area contributed by atoms with E-state index in [1.807, 2.05) is 0 Å². The first kappa shape index (κ1) is 12.9. The van der Waals surface area contributed by atoms with Gasteiger partial charge in [0, 0.05) is 6.20 Å². The van der Waals surface area contributed by atoms with Crippen molar-refractivity contribution in [1.82, 2.24) is 9.55 Å². The Hall–Kier alpha value is -1.55. The number of nitrogens with one attached hydrogen (secondary N) is 1. The number of aliphatic hydroxyl groups excluding tert-OH is 2. The zero-order valence-electron chi connectivity index (χ0n) is 9.10. The second-order valence-corrected chi connectivity index (χ2v) is 3.80. The van der Waals surface area contributed by atoms with Crippen LogP contribution in [0, 0.1) is 0 Å². The number of halogens is 1. The summed E-state index contributed by atoms with van der Waals surface area (Å²) in [6.45, 7) is -0.559. The number of alkyl halides is 1. The van der Waals surface area contributed by atoms with Gasteiger partial charge in [0.25, 0.3) is 0 Å². The fourth-order valence-electron chi connectivity index (χ4n) is 1.75. The lowest BCUT2D eigenvalue weighted by Gasteiger charge is -2.15. The fourth-order valence-corrected chi connectivity index (χ4v) is 1.75. The van der Waals surface area contributed by atoms with Crippen LogP contribution in [-0.4, -0.2) is 50.0 Å². The van der Waals surface area contributed by atoms with Crippen molar-refractivity contribution in [3.63, 3.8) is 0 Å². The van der Waals surface area contributed by atoms with Gasteiger partial charge in [0.1, 0.15) is 12.2 Å². The predicted molar refractivity (Wildman–Crippen MR) is 55.8 cm³/mol. The van der Waals surface area contributed by atoms with E-state index < -0.39 is 36.9 Å². The molecule has 1 aliphatic heterocycles. The van der Waals surface area contributed by atoms with Crippen LogP contribution in [0.25, 0.3) is 0 Å². The molecule has 0 amide bonds. The third-order valence-corrected chi connectivity index (χ3v) is 2.69. The van der Waals surface area contributed by atoms with Crippen LogP contribution in [0.5, 0.6) is 0 Å². The van der Waals surface area contributed by atoms with Crippen LogP contribution in [0.2, 0.25) is 0 Å². The smallest absolute Gasteiger partial charge is 0.351 e. The summed E-state index contributed by atoms with van der Waals surface area (Å²) in [4.78, 5) is 14.9. The van der Waals surface area contributed by atoms with Crippen LogP contribution in [0.1, 0.15) is 6.23 Å². The summed E-state index contributed by atoms with van der Waals surface area (Å²) in [5, 5.41) is 26.9. The average Bonchev–Trinajstić information content (AvgIpc) is 2.66. The lowest BCUT2D eigenvalue weighted by Crippen LogP contribution is -2.33. The minimum Gasteiger partial charge on any atom is -0.394 e. The summed E-state index contributed by atoms with van der Waals surface area (Å²) in [5.41, 5.74) is 0.823. The van der Waals surface area contributed by atoms with Gasteiger partial charge >= 0.3 is 5.69 Å². The van der Waals surface area contributed by atoms with Crippen molar-refractivity contribution in [1.29, 1.82) is 0 Å². The van der Waals surface area contributed by atoms with Crippen molar-refractivity contribution in [3.8, 4) is 0 Å². The van der Waals surface area contributed by atoms with E-state index in [0.29, 0.717) is 0 Å². The Kier molecular flexibility index (Phi) is 3.57. The van der Waals surface area contributed by atoms with Crippen LogP contribution in [0.3, 0.4) is 0 Å². The van der Waals surface area contributed by atoms with Crippen molar-refractivity contribution in [2.45, 2.75) is 24.6 Å². The molecule has 100 valence electrons. The van der Waals surface area contributed by atoms with Crippen molar-refractivity contribution in [2.24, 2.45) is 0 Å². The van der Waals surface area contributed by atoms with Gasteiger partial charge < -0.3 is 14.9 Å². The highest BCUT2D eigenvalue weighted by Gasteiger charge is 2.45. The van der Waals surface area contributed by atoms with Crippen LogP contribution < -0.4 is 11.2 Å². The topological polar surface area (TPSA) is 117 Å². The summed E-state index contributed by atoms with van der Waals surface area (Å²) >= 11 is 0. The quantitative estimate of drug-likeness (QED) is 0.496. The molecule has 18 heavy (non-hydrogen) atoms. The maximum atomic E-state index is 13.7. The normalized spacial score (nSPS) is 31.6. The molecule has 1 saturated heterocycles. The second kappa shape index (κ2) is 4.98. The van der Waals surface area contributed by atoms with E-state index in [9.17, 15) is 14.3 Å². The number of aromatic nitrogens is 2. The van der Waals surface area contributed by atoms with Crippen molar-refractivity contribution < 1.29 is 24.5 Å². The summed E-state index contributed by atoms with van der Waals surface area (Å²) in [6.07, 6.45) is -4.65. The summed E-state index contributed by atoms with van der Waals surface area (Å²) in [5.74, 6) is -0.0936. The summed E-state index contributed by atoms with van der Waals surface area (Å²) in [7, 11) is 0. The predicted octanol–water partition coefficient (Wildman–Crippen LogP) is -1.37. The molecule has 0 spiro atoms. The van der Waals surface area contributed by atoms with Crippen LogP contribution >= 0.6 is 0 Å². The van der Waals surface area contributed by atoms with Gasteiger partial charge in [-0.3, -0.25) is 15.3 Å². The third-order valence-electron chi connectivity index (χ3n) is 2.69. The van der Waals surface area contributed by atoms with Gasteiger partial charge in [-0.1, -0.05) is 0 Å². The second-order valence-electron chi connectivity index (χ2n) is 3.80. The molecule has 0 aliphatic carbocycles. The number of anilines is 1. The SMILES string of the molecule is O=c1nc(NO)ccn1[C@@H]1O[C@H](CO)C(O)[C@@H]1F. The van der Waals surface area contributed by atoms with E-state index in [0.717, 1.165) is 10.8 Å². The largest absolute Gasteiger partial charge is 0.394 e. The molecular weight excluding hydrogens is 249 g/mol. The number of ether oxygens (including phenoxy) is 1. The Morgan fingerprint density at radius 3 is 2.83 bits per heavy atom. The number of aliphatic hydroxyl groups is 2. The Labute approximate surface area is 100 Å². The molecule has 0 aromatic carbocycles. The Bertz CT molecular complexity index is 482. The Morgan fingerprint density at radius 2 is 2.33 bits per heavy atom. The maximum Gasteiger partial charge on any atom is 0.351 e. The number of hydrogen-bond acceptors (Lipinski definition) is 7. The van der Waals surface area contributed by atoms with Gasteiger partial charge in [0.2, 0.25) is 0 Å². The van der Waals surface area contributed by atoms with E-state index in [1.54, 1.807) is 5.48 Å². The minimum atomic E-state index is -1.85. The number of rotatable bonds is 3. The van der Waals surface area contributed by atoms with E-state index in [4.69, 9.17) is 15.1 Å². The zero-order chi connectivity index (χ0) is 13.3. The molecule has 1 aliphatic rings. The van der Waals surface area contributed by atoms with E-state index in [1.165, 1.54) is 6.07 Å². The molecule has 1 fully saturated rings. The van der Waals surface area contributed by atoms with Gasteiger partial charge in [0.15, 0.2) is 18.2 Å². The van der Waals surface area contributed by atoms with E-state index in [2.05, 4.69) is 4.98 Å². The first-order valence-corrected chi connectivity index (χ1v) is 5.16. The lowest BCUT2D eigenvalue weighted by atomic mass is 10.1. The molecule has 2 heterocycles. The highest BCUT2D eigenvalue weighted by atomic mass is 19.1. The first-order chi connectivity index (χ1) is 8.58. The van der Waals surface area contributed by atoms with Gasteiger partial charge in [-0.25, -0.2) is 9.18 Å². The number of hydrogen-bond donors (Lipinski definition) is 4. The molecule has 8 nitrogen and oxygen atoms in total. The van der Waals surface area contributed by atoms with E-state index in [-0.39, 0.29) is 5.82 Å². The average molecular weight is 261 g/mol. The molecule has 1 unspecified atom stereocenters. The molecule has 4 N–H and O–H groups in total. The lowest BCUT2D eigenvalue weighted by molar-refractivity contribution is -0.0491. The first-order valence-electron chi connectivity index (χ1n) is 5.16. The van der Waals surface area contributed by atoms with Crippen molar-refractivity contribution in [2.75, 3.05) is 12.1 Å². The van der Waals surface area contributed by atoms with Crippen LogP contribution in [-0.2, 0) is 4.74 Å². The highest BCUT2D eigenvalue weighted by molar-refractivity contribution is 5.28. The third kappa shape index (κ3) is 2.08. The molecule has 0 bridgehead atoms. The minimum absolute atomic E-state index is 0.0936. The van der Waals surface area contributed by atoms with Gasteiger partial charge in [-0.15, -0.1) is 0 Å². The van der Waals surface area contributed by atoms with Crippen LogP contribution in [0.15, 0.2) is 17.1 Å². The molecule has 2 rings (SSSR count). The monoisotopic (exact) mass is 261 g/mol. The van der Waals surface area contributed by atoms with Gasteiger partial charge in [-0.05, 0) is 6.07 Å². The summed E-state index contributed by atoms with van der Waals surface area (Å²) in [6, 6.07) is 1.23. The zero-order valence-corrected chi connectivity index (χ0v) is 9.10. The van der Waals surface area contributed by atoms with Crippen LogP contribution in [0.4, 0.5) is 10.2 Å². The molecule has 1 aromatic heterocycles. The molecule has 4 atom stereocenters. The van der Waals surface area contributed by atoms with Crippen molar-refractivity contribution >= 4 is 5.82 Å². The molecule has 1 aromatic rings. The fraction of sp³-hybridized carbons (Fsp3) is 0.556. The molecular formula is C9H12FN3O5. The number of nitrogens with zero attached hydrogens (tertiary/aromatic N) is 2. The molecule has 0 radical (unpaired) electrons. The van der Waals surface area contributed by atoms with Gasteiger partial charge in [-0.2, -0.15) is 4.98 Å². The molecule has 9 heteroatoms. The molecule has 0 saturated carbocycles. The van der Waals surface area contributed by atoms with E-state index >= 15 is 0 Å². The highest BCUT2D eigenvalue weighted by Crippen LogP contribution is 2.30.